The molecule has 0 aromatic heterocycles. The lowest BCUT2D eigenvalue weighted by Gasteiger charge is -2.20. The number of carbonyl (C=O) groups is 1. The van der Waals surface area contributed by atoms with Gasteiger partial charge in [-0.3, -0.25) is 9.10 Å². The van der Waals surface area contributed by atoms with Gasteiger partial charge in [0, 0.05) is 18.7 Å². The minimum absolute atomic E-state index is 0.00285. The van der Waals surface area contributed by atoms with Crippen LogP contribution in [0.5, 0.6) is 5.75 Å². The van der Waals surface area contributed by atoms with Gasteiger partial charge in [0.25, 0.3) is 15.9 Å². The maximum atomic E-state index is 12.8. The summed E-state index contributed by atoms with van der Waals surface area (Å²) in [7, 11) is -0.762. The van der Waals surface area contributed by atoms with E-state index in [-0.39, 0.29) is 16.8 Å². The van der Waals surface area contributed by atoms with E-state index in [1.54, 1.807) is 36.4 Å². The number of nitrogens with zero attached hydrogens (tertiary/aromatic N) is 1. The highest BCUT2D eigenvalue weighted by atomic mass is 32.2. The third-order valence-electron chi connectivity index (χ3n) is 3.61. The normalized spacial score (nSPS) is 11.2. The first kappa shape index (κ1) is 18.8. The minimum atomic E-state index is -3.74. The SMILES string of the molecule is COc1ccc(S(=O)(=O)N(C)c2cccc(C(=O)NC(C)C)c2)cc1. The lowest BCUT2D eigenvalue weighted by Crippen LogP contribution is -2.30. The molecule has 1 N–H and O–H groups in total. The molecule has 1 amide bonds. The summed E-state index contributed by atoms with van der Waals surface area (Å²) >= 11 is 0. The molecule has 0 heterocycles. The van der Waals surface area contributed by atoms with Crippen molar-refractivity contribution in [2.45, 2.75) is 24.8 Å². The number of ether oxygens (including phenoxy) is 1. The lowest BCUT2D eigenvalue weighted by molar-refractivity contribution is 0.0943. The number of methoxy groups -OCH3 is 1. The Hall–Kier alpha value is -2.54. The van der Waals surface area contributed by atoms with Gasteiger partial charge in [0.15, 0.2) is 0 Å². The van der Waals surface area contributed by atoms with E-state index >= 15 is 0 Å². The largest absolute Gasteiger partial charge is 0.497 e. The average molecular weight is 362 g/mol. The van der Waals surface area contributed by atoms with Crippen molar-refractivity contribution < 1.29 is 17.9 Å². The first-order valence-corrected chi connectivity index (χ1v) is 9.23. The van der Waals surface area contributed by atoms with Crippen molar-refractivity contribution in [3.63, 3.8) is 0 Å². The van der Waals surface area contributed by atoms with Gasteiger partial charge in [0.05, 0.1) is 17.7 Å². The molecule has 2 rings (SSSR count). The molecule has 0 atom stereocenters. The van der Waals surface area contributed by atoms with Crippen molar-refractivity contribution in [3.8, 4) is 5.75 Å². The smallest absolute Gasteiger partial charge is 0.264 e. The molecule has 0 fully saturated rings. The number of nitrogens with one attached hydrogen (secondary N) is 1. The molecule has 0 radical (unpaired) electrons. The van der Waals surface area contributed by atoms with Crippen molar-refractivity contribution in [2.24, 2.45) is 0 Å². The van der Waals surface area contributed by atoms with Gasteiger partial charge in [-0.05, 0) is 56.3 Å². The second kappa shape index (κ2) is 7.57. The topological polar surface area (TPSA) is 75.7 Å². The maximum absolute atomic E-state index is 12.8. The molecule has 2 aromatic rings. The van der Waals surface area contributed by atoms with Gasteiger partial charge >= 0.3 is 0 Å². The molecular formula is C18H22N2O4S. The molecule has 0 unspecified atom stereocenters. The average Bonchev–Trinajstić information content (AvgIpc) is 2.60. The molecule has 2 aromatic carbocycles. The predicted molar refractivity (Wildman–Crippen MR) is 97.6 cm³/mol. The quantitative estimate of drug-likeness (QED) is 0.857. The Morgan fingerprint density at radius 2 is 1.76 bits per heavy atom. The van der Waals surface area contributed by atoms with Crippen molar-refractivity contribution in [1.82, 2.24) is 5.32 Å². The highest BCUT2D eigenvalue weighted by Crippen LogP contribution is 2.24. The zero-order chi connectivity index (χ0) is 18.6. The molecule has 0 saturated carbocycles. The summed E-state index contributed by atoms with van der Waals surface area (Å²) in [6, 6.07) is 12.7. The van der Waals surface area contributed by atoms with Gasteiger partial charge in [0.2, 0.25) is 0 Å². The maximum Gasteiger partial charge on any atom is 0.264 e. The van der Waals surface area contributed by atoms with E-state index in [2.05, 4.69) is 5.32 Å². The number of hydrogen-bond donors (Lipinski definition) is 1. The van der Waals surface area contributed by atoms with E-state index < -0.39 is 10.0 Å². The van der Waals surface area contributed by atoms with E-state index in [1.165, 1.54) is 26.3 Å². The van der Waals surface area contributed by atoms with E-state index in [1.807, 2.05) is 13.8 Å². The summed E-state index contributed by atoms with van der Waals surface area (Å²) in [5.74, 6) is 0.334. The van der Waals surface area contributed by atoms with Crippen LogP contribution < -0.4 is 14.4 Å². The van der Waals surface area contributed by atoms with Crippen molar-refractivity contribution in [1.29, 1.82) is 0 Å². The Kier molecular flexibility index (Phi) is 5.69. The Balaban J connectivity index is 2.32. The summed E-state index contributed by atoms with van der Waals surface area (Å²) in [5.41, 5.74) is 0.815. The van der Waals surface area contributed by atoms with E-state index in [9.17, 15) is 13.2 Å². The summed E-state index contributed by atoms with van der Waals surface area (Å²) < 4.78 is 31.8. The minimum Gasteiger partial charge on any atom is -0.497 e. The number of benzene rings is 2. The van der Waals surface area contributed by atoms with Gasteiger partial charge in [-0.15, -0.1) is 0 Å². The molecule has 0 bridgehead atoms. The lowest BCUT2D eigenvalue weighted by atomic mass is 10.2. The molecular weight excluding hydrogens is 340 g/mol. The molecule has 6 nitrogen and oxygen atoms in total. The Morgan fingerprint density at radius 1 is 1.12 bits per heavy atom. The highest BCUT2D eigenvalue weighted by molar-refractivity contribution is 7.92. The summed E-state index contributed by atoms with van der Waals surface area (Å²) in [4.78, 5) is 12.3. The fourth-order valence-electron chi connectivity index (χ4n) is 2.23. The molecule has 0 saturated heterocycles. The fraction of sp³-hybridized carbons (Fsp3) is 0.278. The number of anilines is 1. The third-order valence-corrected chi connectivity index (χ3v) is 5.41. The molecule has 134 valence electrons. The molecule has 0 aliphatic heterocycles. The predicted octanol–water partition coefficient (Wildman–Crippen LogP) is 2.66. The zero-order valence-corrected chi connectivity index (χ0v) is 15.5. The zero-order valence-electron chi connectivity index (χ0n) is 14.7. The van der Waals surface area contributed by atoms with Crippen molar-refractivity contribution in [2.75, 3.05) is 18.5 Å². The second-order valence-electron chi connectivity index (χ2n) is 5.83. The van der Waals surface area contributed by atoms with Crippen LogP contribution in [-0.4, -0.2) is 34.5 Å². The van der Waals surface area contributed by atoms with Crippen LogP contribution in [0.3, 0.4) is 0 Å². The van der Waals surface area contributed by atoms with Crippen LogP contribution in [0.15, 0.2) is 53.4 Å². The van der Waals surface area contributed by atoms with E-state index in [4.69, 9.17) is 4.74 Å². The van der Waals surface area contributed by atoms with Gasteiger partial charge in [-0.25, -0.2) is 8.42 Å². The number of carbonyl (C=O) groups excluding carboxylic acids is 1. The summed E-state index contributed by atoms with van der Waals surface area (Å²) in [6.07, 6.45) is 0. The van der Waals surface area contributed by atoms with Crippen LogP contribution in [0.25, 0.3) is 0 Å². The highest BCUT2D eigenvalue weighted by Gasteiger charge is 2.22. The first-order chi connectivity index (χ1) is 11.8. The first-order valence-electron chi connectivity index (χ1n) is 7.79. The summed E-state index contributed by atoms with van der Waals surface area (Å²) in [6.45, 7) is 3.73. The van der Waals surface area contributed by atoms with Gasteiger partial charge in [-0.1, -0.05) is 6.07 Å². The molecule has 0 spiro atoms. The fourth-order valence-corrected chi connectivity index (χ4v) is 3.42. The molecule has 0 aliphatic carbocycles. The third kappa shape index (κ3) is 4.30. The number of rotatable bonds is 6. The van der Waals surface area contributed by atoms with Crippen LogP contribution in [0.2, 0.25) is 0 Å². The molecule has 25 heavy (non-hydrogen) atoms. The van der Waals surface area contributed by atoms with Crippen LogP contribution in [0.1, 0.15) is 24.2 Å². The van der Waals surface area contributed by atoms with Gasteiger partial charge in [-0.2, -0.15) is 0 Å². The van der Waals surface area contributed by atoms with Crippen LogP contribution in [0.4, 0.5) is 5.69 Å². The number of sulfonamides is 1. The van der Waals surface area contributed by atoms with Crippen LogP contribution in [-0.2, 0) is 10.0 Å². The van der Waals surface area contributed by atoms with E-state index in [0.29, 0.717) is 17.0 Å². The van der Waals surface area contributed by atoms with E-state index in [0.717, 1.165) is 4.31 Å². The van der Waals surface area contributed by atoms with Crippen LogP contribution in [0, 0.1) is 0 Å². The summed E-state index contributed by atoms with van der Waals surface area (Å²) in [5, 5.41) is 2.79. The van der Waals surface area contributed by atoms with Crippen molar-refractivity contribution in [3.05, 3.63) is 54.1 Å². The van der Waals surface area contributed by atoms with Crippen molar-refractivity contribution >= 4 is 21.6 Å². The molecule has 7 heteroatoms. The Morgan fingerprint density at radius 3 is 2.32 bits per heavy atom. The number of amides is 1. The Labute approximate surface area is 148 Å². The number of hydrogen-bond acceptors (Lipinski definition) is 4. The second-order valence-corrected chi connectivity index (χ2v) is 7.80. The monoisotopic (exact) mass is 362 g/mol. The molecule has 0 aliphatic rings. The van der Waals surface area contributed by atoms with Gasteiger partial charge < -0.3 is 10.1 Å². The standard InChI is InChI=1S/C18H22N2O4S/c1-13(2)19-18(21)14-6-5-7-15(12-14)20(3)25(22,23)17-10-8-16(24-4)9-11-17/h5-13H,1-4H3,(H,19,21). The Bertz CT molecular complexity index is 846. The van der Waals surface area contributed by atoms with Gasteiger partial charge in [0.1, 0.15) is 5.75 Å². The van der Waals surface area contributed by atoms with Crippen LogP contribution >= 0.6 is 0 Å².